The topological polar surface area (TPSA) is 82.5 Å². The van der Waals surface area contributed by atoms with Crippen molar-refractivity contribution in [3.05, 3.63) is 30.1 Å². The SMILES string of the molecule is CCN(CC(=O)O)C1CC(NC(=O)Cc2cccnc2)C1. The van der Waals surface area contributed by atoms with Gasteiger partial charge >= 0.3 is 5.97 Å². The highest BCUT2D eigenvalue weighted by atomic mass is 16.4. The van der Waals surface area contributed by atoms with Crippen LogP contribution in [0.5, 0.6) is 0 Å². The fourth-order valence-electron chi connectivity index (χ4n) is 2.64. The summed E-state index contributed by atoms with van der Waals surface area (Å²) in [5.41, 5.74) is 0.895. The third-order valence-corrected chi connectivity index (χ3v) is 3.83. The van der Waals surface area contributed by atoms with Gasteiger partial charge in [0.2, 0.25) is 5.91 Å². The molecule has 21 heavy (non-hydrogen) atoms. The Balaban J connectivity index is 1.72. The van der Waals surface area contributed by atoms with E-state index in [1.807, 2.05) is 24.0 Å². The maximum Gasteiger partial charge on any atom is 0.317 e. The summed E-state index contributed by atoms with van der Waals surface area (Å²) in [6.45, 7) is 2.74. The third-order valence-electron chi connectivity index (χ3n) is 3.83. The van der Waals surface area contributed by atoms with Crippen LogP contribution in [0, 0.1) is 0 Å². The molecule has 0 atom stereocenters. The summed E-state index contributed by atoms with van der Waals surface area (Å²) in [5.74, 6) is -0.811. The molecule has 0 aliphatic heterocycles. The predicted molar refractivity (Wildman–Crippen MR) is 77.8 cm³/mol. The second-order valence-electron chi connectivity index (χ2n) is 5.38. The zero-order valence-corrected chi connectivity index (χ0v) is 12.2. The van der Waals surface area contributed by atoms with Gasteiger partial charge in [-0.25, -0.2) is 0 Å². The lowest BCUT2D eigenvalue weighted by molar-refractivity contribution is -0.139. The first-order chi connectivity index (χ1) is 10.1. The Morgan fingerprint density at radius 3 is 2.81 bits per heavy atom. The first-order valence-corrected chi connectivity index (χ1v) is 7.22. The van der Waals surface area contributed by atoms with Crippen molar-refractivity contribution in [2.24, 2.45) is 0 Å². The van der Waals surface area contributed by atoms with Gasteiger partial charge < -0.3 is 10.4 Å². The highest BCUT2D eigenvalue weighted by Crippen LogP contribution is 2.25. The highest BCUT2D eigenvalue weighted by Gasteiger charge is 2.34. The molecule has 6 nitrogen and oxygen atoms in total. The smallest absolute Gasteiger partial charge is 0.317 e. The maximum absolute atomic E-state index is 11.9. The fourth-order valence-corrected chi connectivity index (χ4v) is 2.64. The van der Waals surface area contributed by atoms with E-state index < -0.39 is 5.97 Å². The van der Waals surface area contributed by atoms with Crippen LogP contribution in [-0.2, 0) is 16.0 Å². The van der Waals surface area contributed by atoms with Crippen LogP contribution in [0.1, 0.15) is 25.3 Å². The molecule has 114 valence electrons. The van der Waals surface area contributed by atoms with E-state index in [0.717, 1.165) is 18.4 Å². The molecule has 0 unspecified atom stereocenters. The number of hydrogen-bond acceptors (Lipinski definition) is 4. The number of aromatic nitrogens is 1. The molecule has 1 saturated carbocycles. The fraction of sp³-hybridized carbons (Fsp3) is 0.533. The molecule has 1 aromatic heterocycles. The number of amides is 1. The summed E-state index contributed by atoms with van der Waals surface area (Å²) in [6, 6.07) is 4.10. The Bertz CT molecular complexity index is 486. The van der Waals surface area contributed by atoms with Gasteiger partial charge in [0.05, 0.1) is 13.0 Å². The number of carboxylic acid groups (broad SMARTS) is 1. The van der Waals surface area contributed by atoms with Gasteiger partial charge in [0.25, 0.3) is 0 Å². The average Bonchev–Trinajstić information content (AvgIpc) is 2.41. The van der Waals surface area contributed by atoms with E-state index in [4.69, 9.17) is 5.11 Å². The second-order valence-corrected chi connectivity index (χ2v) is 5.38. The van der Waals surface area contributed by atoms with Gasteiger partial charge in [-0.3, -0.25) is 19.5 Å². The van der Waals surface area contributed by atoms with E-state index in [2.05, 4.69) is 10.3 Å². The van der Waals surface area contributed by atoms with Crippen molar-refractivity contribution in [1.29, 1.82) is 0 Å². The quantitative estimate of drug-likeness (QED) is 0.772. The van der Waals surface area contributed by atoms with Crippen molar-refractivity contribution in [1.82, 2.24) is 15.2 Å². The lowest BCUT2D eigenvalue weighted by Crippen LogP contribution is -2.55. The van der Waals surface area contributed by atoms with Gasteiger partial charge in [-0.15, -0.1) is 0 Å². The van der Waals surface area contributed by atoms with E-state index in [9.17, 15) is 9.59 Å². The summed E-state index contributed by atoms with van der Waals surface area (Å²) in [6.07, 6.45) is 5.34. The minimum Gasteiger partial charge on any atom is -0.480 e. The highest BCUT2D eigenvalue weighted by molar-refractivity contribution is 5.78. The van der Waals surface area contributed by atoms with Crippen LogP contribution >= 0.6 is 0 Å². The van der Waals surface area contributed by atoms with Crippen molar-refractivity contribution in [3.8, 4) is 0 Å². The third kappa shape index (κ3) is 4.53. The molecular weight excluding hydrogens is 270 g/mol. The first-order valence-electron chi connectivity index (χ1n) is 7.22. The number of pyridine rings is 1. The Morgan fingerprint density at radius 2 is 2.24 bits per heavy atom. The number of nitrogens with one attached hydrogen (secondary N) is 1. The van der Waals surface area contributed by atoms with Crippen LogP contribution < -0.4 is 5.32 Å². The van der Waals surface area contributed by atoms with E-state index in [0.29, 0.717) is 13.0 Å². The second kappa shape index (κ2) is 7.17. The van der Waals surface area contributed by atoms with Gasteiger partial charge in [-0.2, -0.15) is 0 Å². The summed E-state index contributed by atoms with van der Waals surface area (Å²) in [5, 5.41) is 11.8. The van der Waals surface area contributed by atoms with E-state index in [1.54, 1.807) is 12.4 Å². The Kier molecular flexibility index (Phi) is 5.27. The monoisotopic (exact) mass is 291 g/mol. The lowest BCUT2D eigenvalue weighted by atomic mass is 9.85. The molecule has 1 aliphatic carbocycles. The van der Waals surface area contributed by atoms with Crippen molar-refractivity contribution in [2.75, 3.05) is 13.1 Å². The predicted octanol–water partition coefficient (Wildman–Crippen LogP) is 0.678. The number of aliphatic carboxylic acids is 1. The molecule has 2 N–H and O–H groups in total. The van der Waals surface area contributed by atoms with Gasteiger partial charge in [-0.05, 0) is 31.0 Å². The van der Waals surface area contributed by atoms with Crippen LogP contribution in [0.3, 0.4) is 0 Å². The van der Waals surface area contributed by atoms with Crippen molar-refractivity contribution >= 4 is 11.9 Å². The molecular formula is C15H21N3O3. The van der Waals surface area contributed by atoms with Crippen LogP contribution in [0.4, 0.5) is 0 Å². The van der Waals surface area contributed by atoms with Gasteiger partial charge in [0, 0.05) is 24.5 Å². The van der Waals surface area contributed by atoms with Gasteiger partial charge in [-0.1, -0.05) is 13.0 Å². The molecule has 0 bridgehead atoms. The molecule has 1 heterocycles. The molecule has 1 amide bonds. The Morgan fingerprint density at radius 1 is 1.48 bits per heavy atom. The lowest BCUT2D eigenvalue weighted by Gasteiger charge is -2.42. The molecule has 0 radical (unpaired) electrons. The number of hydrogen-bond donors (Lipinski definition) is 2. The number of carboxylic acids is 1. The number of carbonyl (C=O) groups is 2. The molecule has 1 aliphatic rings. The van der Waals surface area contributed by atoms with Crippen LogP contribution in [0.25, 0.3) is 0 Å². The maximum atomic E-state index is 11.9. The van der Waals surface area contributed by atoms with Gasteiger partial charge in [0.1, 0.15) is 0 Å². The average molecular weight is 291 g/mol. The minimum absolute atomic E-state index is 0.00673. The number of carbonyl (C=O) groups excluding carboxylic acids is 1. The van der Waals surface area contributed by atoms with Gasteiger partial charge in [0.15, 0.2) is 0 Å². The van der Waals surface area contributed by atoms with E-state index >= 15 is 0 Å². The van der Waals surface area contributed by atoms with Crippen LogP contribution in [-0.4, -0.2) is 52.0 Å². The molecule has 1 aromatic rings. The Hall–Kier alpha value is -1.95. The number of likely N-dealkylation sites (N-methyl/N-ethyl adjacent to an activating group) is 1. The van der Waals surface area contributed by atoms with Crippen molar-refractivity contribution in [2.45, 2.75) is 38.3 Å². The van der Waals surface area contributed by atoms with E-state index in [1.165, 1.54) is 0 Å². The number of nitrogens with zero attached hydrogens (tertiary/aromatic N) is 2. The minimum atomic E-state index is -0.805. The molecule has 0 saturated heterocycles. The molecule has 0 aromatic carbocycles. The zero-order valence-electron chi connectivity index (χ0n) is 12.2. The standard InChI is InChI=1S/C15H21N3O3/c1-2-18(10-15(20)21)13-7-12(8-13)17-14(19)6-11-4-3-5-16-9-11/h3-5,9,12-13H,2,6-8,10H2,1H3,(H,17,19)(H,20,21). The van der Waals surface area contributed by atoms with Crippen LogP contribution in [0.2, 0.25) is 0 Å². The normalized spacial score (nSPS) is 20.9. The zero-order chi connectivity index (χ0) is 15.2. The summed E-state index contributed by atoms with van der Waals surface area (Å²) >= 11 is 0. The molecule has 6 heteroatoms. The molecule has 2 rings (SSSR count). The molecule has 0 spiro atoms. The van der Waals surface area contributed by atoms with Crippen molar-refractivity contribution < 1.29 is 14.7 Å². The summed E-state index contributed by atoms with van der Waals surface area (Å²) < 4.78 is 0. The van der Waals surface area contributed by atoms with Crippen LogP contribution in [0.15, 0.2) is 24.5 Å². The van der Waals surface area contributed by atoms with Crippen molar-refractivity contribution in [3.63, 3.8) is 0 Å². The summed E-state index contributed by atoms with van der Waals surface area (Å²) in [7, 11) is 0. The molecule has 1 fully saturated rings. The Labute approximate surface area is 124 Å². The van der Waals surface area contributed by atoms with E-state index in [-0.39, 0.29) is 24.5 Å². The summed E-state index contributed by atoms with van der Waals surface area (Å²) in [4.78, 5) is 28.6. The largest absolute Gasteiger partial charge is 0.480 e. The number of rotatable bonds is 7. The first kappa shape index (κ1) is 15.4.